The van der Waals surface area contributed by atoms with Gasteiger partial charge in [-0.3, -0.25) is 14.5 Å². The summed E-state index contributed by atoms with van der Waals surface area (Å²) in [7, 11) is 0. The first-order chi connectivity index (χ1) is 16.8. The summed E-state index contributed by atoms with van der Waals surface area (Å²) in [6.45, 7) is 3.22. The molecule has 1 amide bonds. The molecule has 0 aliphatic rings. The van der Waals surface area contributed by atoms with Crippen molar-refractivity contribution < 1.29 is 24.5 Å². The second-order valence-electron chi connectivity index (χ2n) is 8.21. The van der Waals surface area contributed by atoms with Gasteiger partial charge >= 0.3 is 5.97 Å². The summed E-state index contributed by atoms with van der Waals surface area (Å²) >= 11 is 0. The van der Waals surface area contributed by atoms with Crippen LogP contribution in [0.1, 0.15) is 21.5 Å². The Bertz CT molecular complexity index is 1340. The second-order valence-corrected chi connectivity index (χ2v) is 8.21. The molecule has 4 aromatic rings. The van der Waals surface area contributed by atoms with Crippen molar-refractivity contribution in [3.63, 3.8) is 0 Å². The smallest absolute Gasteiger partial charge is 0.323 e. The number of phenols is 1. The first-order valence-corrected chi connectivity index (χ1v) is 11.1. The monoisotopic (exact) mass is 467 g/mol. The Morgan fingerprint density at radius 3 is 2.03 bits per heavy atom. The van der Waals surface area contributed by atoms with E-state index in [1.54, 1.807) is 60.7 Å². The average Bonchev–Trinajstić information content (AvgIpc) is 2.86. The van der Waals surface area contributed by atoms with Crippen LogP contribution in [0.2, 0.25) is 0 Å². The number of carboxylic acids is 1. The minimum atomic E-state index is -1.11. The number of aromatic hydroxyl groups is 1. The fourth-order valence-corrected chi connectivity index (χ4v) is 3.94. The van der Waals surface area contributed by atoms with E-state index in [9.17, 15) is 19.8 Å². The van der Waals surface area contributed by atoms with Crippen LogP contribution in [0.3, 0.4) is 0 Å². The van der Waals surface area contributed by atoms with E-state index >= 15 is 0 Å². The zero-order chi connectivity index (χ0) is 24.9. The standard InChI is InChI=1S/C29H25NO5/c1-19-15-23(30(18-27(32)33)29(34)22-11-7-4-8-12-22)16-20(2)28(19)35-24-13-14-26(31)25(17-24)21-9-5-3-6-10-21/h3-17,31H,18H2,1-2H3,(H,32,33). The number of rotatable bonds is 7. The van der Waals surface area contributed by atoms with Crippen LogP contribution in [0.4, 0.5) is 5.69 Å². The van der Waals surface area contributed by atoms with Gasteiger partial charge in [-0.2, -0.15) is 0 Å². The topological polar surface area (TPSA) is 87.1 Å². The van der Waals surface area contributed by atoms with Crippen LogP contribution in [0.15, 0.2) is 91.0 Å². The van der Waals surface area contributed by atoms with Crippen LogP contribution in [0, 0.1) is 13.8 Å². The van der Waals surface area contributed by atoms with Crippen molar-refractivity contribution in [2.75, 3.05) is 11.4 Å². The molecule has 4 aromatic carbocycles. The highest BCUT2D eigenvalue weighted by Gasteiger charge is 2.22. The van der Waals surface area contributed by atoms with Crippen molar-refractivity contribution in [3.8, 4) is 28.4 Å². The molecule has 4 rings (SSSR count). The lowest BCUT2D eigenvalue weighted by atomic mass is 10.0. The maximum Gasteiger partial charge on any atom is 0.323 e. The van der Waals surface area contributed by atoms with Crippen molar-refractivity contribution in [3.05, 3.63) is 108 Å². The molecule has 35 heavy (non-hydrogen) atoms. The number of carbonyl (C=O) groups excluding carboxylic acids is 1. The SMILES string of the molecule is Cc1cc(N(CC(=O)O)C(=O)c2ccccc2)cc(C)c1Oc1ccc(O)c(-c2ccccc2)c1. The van der Waals surface area contributed by atoms with Gasteiger partial charge in [0.2, 0.25) is 0 Å². The summed E-state index contributed by atoms with van der Waals surface area (Å²) < 4.78 is 6.19. The van der Waals surface area contributed by atoms with Crippen molar-refractivity contribution in [2.45, 2.75) is 13.8 Å². The Morgan fingerprint density at radius 1 is 0.829 bits per heavy atom. The maximum absolute atomic E-state index is 13.1. The highest BCUT2D eigenvalue weighted by Crippen LogP contribution is 2.37. The number of carboxylic acid groups (broad SMARTS) is 1. The molecule has 6 heteroatoms. The molecule has 0 fully saturated rings. The number of hydrogen-bond donors (Lipinski definition) is 2. The van der Waals surface area contributed by atoms with Gasteiger partial charge in [0.15, 0.2) is 0 Å². The van der Waals surface area contributed by atoms with Crippen LogP contribution in [-0.2, 0) is 4.79 Å². The number of nitrogens with zero attached hydrogens (tertiary/aromatic N) is 1. The zero-order valence-corrected chi connectivity index (χ0v) is 19.4. The van der Waals surface area contributed by atoms with Gasteiger partial charge in [-0.05, 0) is 73.0 Å². The highest BCUT2D eigenvalue weighted by molar-refractivity contribution is 6.08. The molecule has 0 radical (unpaired) electrons. The molecule has 0 aliphatic carbocycles. The Balaban J connectivity index is 1.67. The molecule has 0 saturated carbocycles. The largest absolute Gasteiger partial charge is 0.507 e. The number of carbonyl (C=O) groups is 2. The van der Waals surface area contributed by atoms with Crippen molar-refractivity contribution >= 4 is 17.6 Å². The molecule has 0 atom stereocenters. The van der Waals surface area contributed by atoms with E-state index in [1.165, 1.54) is 4.90 Å². The number of anilines is 1. The summed E-state index contributed by atoms with van der Waals surface area (Å²) in [5.74, 6) is -0.214. The molecule has 2 N–H and O–H groups in total. The van der Waals surface area contributed by atoms with E-state index in [-0.39, 0.29) is 5.75 Å². The van der Waals surface area contributed by atoms with Gasteiger partial charge in [-0.15, -0.1) is 0 Å². The summed E-state index contributed by atoms with van der Waals surface area (Å²) in [6.07, 6.45) is 0. The molecule has 0 saturated heterocycles. The third-order valence-electron chi connectivity index (χ3n) is 5.59. The molecule has 0 aromatic heterocycles. The van der Waals surface area contributed by atoms with Gasteiger partial charge in [0, 0.05) is 16.8 Å². The van der Waals surface area contributed by atoms with Crippen LogP contribution in [0.25, 0.3) is 11.1 Å². The van der Waals surface area contributed by atoms with Crippen LogP contribution < -0.4 is 9.64 Å². The van der Waals surface area contributed by atoms with E-state index in [0.717, 1.165) is 16.7 Å². The molecule has 176 valence electrons. The van der Waals surface area contributed by atoms with Crippen molar-refractivity contribution in [2.24, 2.45) is 0 Å². The minimum absolute atomic E-state index is 0.149. The lowest BCUT2D eigenvalue weighted by molar-refractivity contribution is -0.135. The fraction of sp³-hybridized carbons (Fsp3) is 0.103. The quantitative estimate of drug-likeness (QED) is 0.338. The third kappa shape index (κ3) is 5.33. The molecular weight excluding hydrogens is 442 g/mol. The lowest BCUT2D eigenvalue weighted by Gasteiger charge is -2.23. The van der Waals surface area contributed by atoms with Crippen molar-refractivity contribution in [1.82, 2.24) is 0 Å². The molecular formula is C29H25NO5. The summed E-state index contributed by atoms with van der Waals surface area (Å²) in [5.41, 5.74) is 3.87. The van der Waals surface area contributed by atoms with E-state index in [0.29, 0.717) is 28.3 Å². The van der Waals surface area contributed by atoms with Gasteiger partial charge in [0.25, 0.3) is 5.91 Å². The lowest BCUT2D eigenvalue weighted by Crippen LogP contribution is -2.35. The molecule has 0 unspecified atom stereocenters. The number of amides is 1. The van der Waals surface area contributed by atoms with Gasteiger partial charge in [-0.25, -0.2) is 0 Å². The second kappa shape index (κ2) is 10.1. The Kier molecular flexibility index (Phi) is 6.83. The Morgan fingerprint density at radius 2 is 1.43 bits per heavy atom. The van der Waals surface area contributed by atoms with E-state index in [2.05, 4.69) is 0 Å². The Labute approximate surface area is 203 Å². The molecule has 0 spiro atoms. The normalized spacial score (nSPS) is 10.6. The van der Waals surface area contributed by atoms with E-state index < -0.39 is 18.4 Å². The van der Waals surface area contributed by atoms with E-state index in [1.807, 2.05) is 44.2 Å². The van der Waals surface area contributed by atoms with Crippen LogP contribution in [0.5, 0.6) is 17.2 Å². The minimum Gasteiger partial charge on any atom is -0.507 e. The Hall–Kier alpha value is -4.58. The van der Waals surface area contributed by atoms with Gasteiger partial charge in [0.1, 0.15) is 23.8 Å². The maximum atomic E-state index is 13.1. The van der Waals surface area contributed by atoms with Gasteiger partial charge in [0.05, 0.1) is 0 Å². The first kappa shape index (κ1) is 23.6. The highest BCUT2D eigenvalue weighted by atomic mass is 16.5. The average molecular weight is 468 g/mol. The third-order valence-corrected chi connectivity index (χ3v) is 5.59. The van der Waals surface area contributed by atoms with Gasteiger partial charge in [-0.1, -0.05) is 48.5 Å². The summed E-state index contributed by atoms with van der Waals surface area (Å²) in [4.78, 5) is 25.9. The predicted molar refractivity (Wildman–Crippen MR) is 135 cm³/mol. The number of aliphatic carboxylic acids is 1. The fourth-order valence-electron chi connectivity index (χ4n) is 3.94. The molecule has 0 aliphatic heterocycles. The predicted octanol–water partition coefficient (Wildman–Crippen LogP) is 6.20. The first-order valence-electron chi connectivity index (χ1n) is 11.1. The van der Waals surface area contributed by atoms with Gasteiger partial charge < -0.3 is 14.9 Å². The summed E-state index contributed by atoms with van der Waals surface area (Å²) in [5, 5.41) is 19.8. The number of phenolic OH excluding ortho intramolecular Hbond substituents is 1. The zero-order valence-electron chi connectivity index (χ0n) is 19.4. The van der Waals surface area contributed by atoms with Crippen LogP contribution >= 0.6 is 0 Å². The molecule has 6 nitrogen and oxygen atoms in total. The molecule has 0 bridgehead atoms. The van der Waals surface area contributed by atoms with Crippen LogP contribution in [-0.4, -0.2) is 28.6 Å². The number of hydrogen-bond acceptors (Lipinski definition) is 4. The molecule has 0 heterocycles. The van der Waals surface area contributed by atoms with Crippen molar-refractivity contribution in [1.29, 1.82) is 0 Å². The number of ether oxygens (including phenoxy) is 1. The number of benzene rings is 4. The van der Waals surface area contributed by atoms with E-state index in [4.69, 9.17) is 4.74 Å². The summed E-state index contributed by atoms with van der Waals surface area (Å²) in [6, 6.07) is 26.6. The number of aryl methyl sites for hydroxylation is 2.